The molecule has 3 aromatic rings. The number of aryl methyl sites for hydroxylation is 1. The number of nitrogens with one attached hydrogen (secondary N) is 1. The zero-order valence-corrected chi connectivity index (χ0v) is 23.6. The van der Waals surface area contributed by atoms with Crippen molar-refractivity contribution in [1.29, 1.82) is 0 Å². The van der Waals surface area contributed by atoms with Crippen molar-refractivity contribution in [2.75, 3.05) is 0 Å². The summed E-state index contributed by atoms with van der Waals surface area (Å²) in [7, 11) is 0. The zero-order chi connectivity index (χ0) is 27.3. The van der Waals surface area contributed by atoms with E-state index in [0.29, 0.717) is 36.9 Å². The molecule has 37 heavy (non-hydrogen) atoms. The van der Waals surface area contributed by atoms with Gasteiger partial charge in [-0.1, -0.05) is 35.3 Å². The second kappa shape index (κ2) is 12.7. The first-order valence-electron chi connectivity index (χ1n) is 11.8. The second-order valence-electron chi connectivity index (χ2n) is 9.06. The number of aliphatic carboxylic acids is 1. The van der Waals surface area contributed by atoms with E-state index in [1.165, 1.54) is 11.3 Å². The molecule has 0 saturated carbocycles. The molecule has 2 aromatic carbocycles. The molecule has 1 heterocycles. The third-order valence-corrected chi connectivity index (χ3v) is 6.96. The standard InChI is InChI=1S/C27H30Cl2N2O5S/c1-14(2)35-22-9-6-17(11-23(27(33)34)36-15(3)4)10-18(22)13-30-25(32)24-16(5)31-26(37-24)20-8-7-19(28)12-21(20)29/h6-10,12,14-15,23H,11,13H2,1-5H3,(H,30,32)(H,33,34). The van der Waals surface area contributed by atoms with Gasteiger partial charge in [-0.05, 0) is 64.4 Å². The normalized spacial score (nSPS) is 12.1. The number of hydrogen-bond donors (Lipinski definition) is 2. The van der Waals surface area contributed by atoms with Crippen LogP contribution in [-0.4, -0.2) is 40.3 Å². The number of carbonyl (C=O) groups excluding carboxylic acids is 1. The minimum absolute atomic E-state index is 0.0771. The zero-order valence-electron chi connectivity index (χ0n) is 21.3. The van der Waals surface area contributed by atoms with E-state index >= 15 is 0 Å². The molecule has 7 nitrogen and oxygen atoms in total. The fourth-order valence-electron chi connectivity index (χ4n) is 3.64. The lowest BCUT2D eigenvalue weighted by Crippen LogP contribution is -2.29. The highest BCUT2D eigenvalue weighted by atomic mass is 35.5. The summed E-state index contributed by atoms with van der Waals surface area (Å²) >= 11 is 13.6. The lowest BCUT2D eigenvalue weighted by Gasteiger charge is -2.19. The van der Waals surface area contributed by atoms with Crippen LogP contribution in [-0.2, 0) is 22.5 Å². The van der Waals surface area contributed by atoms with E-state index in [2.05, 4.69) is 10.3 Å². The number of hydrogen-bond acceptors (Lipinski definition) is 6. The van der Waals surface area contributed by atoms with Crippen LogP contribution in [0.3, 0.4) is 0 Å². The Labute approximate surface area is 230 Å². The summed E-state index contributed by atoms with van der Waals surface area (Å²) in [6, 6.07) is 10.6. The van der Waals surface area contributed by atoms with Gasteiger partial charge in [0.2, 0.25) is 0 Å². The van der Waals surface area contributed by atoms with E-state index in [1.54, 1.807) is 45.0 Å². The molecule has 198 valence electrons. The number of nitrogens with zero attached hydrogens (tertiary/aromatic N) is 1. The summed E-state index contributed by atoms with van der Waals surface area (Å²) in [5, 5.41) is 14.1. The van der Waals surface area contributed by atoms with Gasteiger partial charge in [-0.25, -0.2) is 9.78 Å². The van der Waals surface area contributed by atoms with Gasteiger partial charge >= 0.3 is 5.97 Å². The maximum absolute atomic E-state index is 13.1. The Morgan fingerprint density at radius 3 is 2.43 bits per heavy atom. The number of thiazole rings is 1. The minimum atomic E-state index is -1.02. The molecule has 0 fully saturated rings. The van der Waals surface area contributed by atoms with E-state index in [-0.39, 0.29) is 31.1 Å². The van der Waals surface area contributed by atoms with Gasteiger partial charge in [0.25, 0.3) is 5.91 Å². The molecule has 3 rings (SSSR count). The lowest BCUT2D eigenvalue weighted by molar-refractivity contribution is -0.153. The van der Waals surface area contributed by atoms with E-state index in [1.807, 2.05) is 26.0 Å². The summed E-state index contributed by atoms with van der Waals surface area (Å²) in [5.74, 6) is -0.688. The van der Waals surface area contributed by atoms with Crippen LogP contribution in [0, 0.1) is 6.92 Å². The number of halogens is 2. The number of aromatic nitrogens is 1. The predicted octanol–water partition coefficient (Wildman–Crippen LogP) is 6.56. The van der Waals surface area contributed by atoms with Gasteiger partial charge in [-0.15, -0.1) is 11.3 Å². The molecule has 0 saturated heterocycles. The molecule has 1 amide bonds. The maximum Gasteiger partial charge on any atom is 0.333 e. The molecule has 0 bridgehead atoms. The van der Waals surface area contributed by atoms with E-state index in [4.69, 9.17) is 32.7 Å². The van der Waals surface area contributed by atoms with Crippen LogP contribution in [0.25, 0.3) is 10.6 Å². The van der Waals surface area contributed by atoms with Crippen molar-refractivity contribution in [2.45, 2.75) is 65.9 Å². The second-order valence-corrected chi connectivity index (χ2v) is 10.9. The van der Waals surface area contributed by atoms with E-state index < -0.39 is 12.1 Å². The van der Waals surface area contributed by atoms with Crippen LogP contribution in [0.15, 0.2) is 36.4 Å². The first-order chi connectivity index (χ1) is 17.4. The molecule has 1 aromatic heterocycles. The summed E-state index contributed by atoms with van der Waals surface area (Å²) in [6.07, 6.45) is -1.09. The Bertz CT molecular complexity index is 1280. The summed E-state index contributed by atoms with van der Waals surface area (Å²) in [4.78, 5) is 29.8. The van der Waals surface area contributed by atoms with Crippen LogP contribution < -0.4 is 10.1 Å². The fraction of sp³-hybridized carbons (Fsp3) is 0.370. The smallest absolute Gasteiger partial charge is 0.333 e. The molecule has 0 radical (unpaired) electrons. The van der Waals surface area contributed by atoms with Crippen molar-refractivity contribution in [1.82, 2.24) is 10.3 Å². The van der Waals surface area contributed by atoms with Crippen LogP contribution in [0.4, 0.5) is 0 Å². The van der Waals surface area contributed by atoms with Crippen molar-refractivity contribution < 1.29 is 24.2 Å². The quantitative estimate of drug-likeness (QED) is 0.273. The minimum Gasteiger partial charge on any atom is -0.491 e. The fourth-order valence-corrected chi connectivity index (χ4v) is 5.22. The monoisotopic (exact) mass is 564 g/mol. The Morgan fingerprint density at radius 2 is 1.81 bits per heavy atom. The molecule has 0 aliphatic rings. The molecule has 2 N–H and O–H groups in total. The average molecular weight is 566 g/mol. The number of amides is 1. The van der Waals surface area contributed by atoms with Gasteiger partial charge in [0.05, 0.1) is 22.9 Å². The summed E-state index contributed by atoms with van der Waals surface area (Å²) in [6.45, 7) is 9.38. The lowest BCUT2D eigenvalue weighted by atomic mass is 10.0. The maximum atomic E-state index is 13.1. The van der Waals surface area contributed by atoms with Gasteiger partial charge in [-0.3, -0.25) is 4.79 Å². The highest BCUT2D eigenvalue weighted by molar-refractivity contribution is 7.17. The average Bonchev–Trinajstić information content (AvgIpc) is 3.19. The van der Waals surface area contributed by atoms with Crippen molar-refractivity contribution in [3.8, 4) is 16.3 Å². The molecular weight excluding hydrogens is 535 g/mol. The Hall–Kier alpha value is -2.65. The Kier molecular flexibility index (Phi) is 9.95. The Morgan fingerprint density at radius 1 is 1.08 bits per heavy atom. The van der Waals surface area contributed by atoms with Crippen molar-refractivity contribution in [3.63, 3.8) is 0 Å². The number of carboxylic acid groups (broad SMARTS) is 1. The van der Waals surface area contributed by atoms with Gasteiger partial charge in [-0.2, -0.15) is 0 Å². The molecule has 0 aliphatic heterocycles. The van der Waals surface area contributed by atoms with E-state index in [9.17, 15) is 14.7 Å². The van der Waals surface area contributed by atoms with Crippen LogP contribution in [0.2, 0.25) is 10.0 Å². The summed E-state index contributed by atoms with van der Waals surface area (Å²) in [5.41, 5.74) is 2.79. The number of carboxylic acids is 1. The highest BCUT2D eigenvalue weighted by Crippen LogP contribution is 2.34. The van der Waals surface area contributed by atoms with Gasteiger partial charge in [0.15, 0.2) is 6.10 Å². The third-order valence-electron chi connectivity index (χ3n) is 5.22. The van der Waals surface area contributed by atoms with Crippen molar-refractivity contribution in [2.24, 2.45) is 0 Å². The van der Waals surface area contributed by atoms with Crippen LogP contribution in [0.1, 0.15) is 54.2 Å². The number of ether oxygens (including phenoxy) is 2. The molecule has 0 spiro atoms. The highest BCUT2D eigenvalue weighted by Gasteiger charge is 2.22. The van der Waals surface area contributed by atoms with Crippen molar-refractivity contribution >= 4 is 46.4 Å². The third kappa shape index (κ3) is 7.92. The number of benzene rings is 2. The largest absolute Gasteiger partial charge is 0.491 e. The Balaban J connectivity index is 1.81. The molecule has 10 heteroatoms. The first-order valence-corrected chi connectivity index (χ1v) is 13.4. The summed E-state index contributed by atoms with van der Waals surface area (Å²) < 4.78 is 11.5. The number of carbonyl (C=O) groups is 2. The molecule has 1 unspecified atom stereocenters. The topological polar surface area (TPSA) is 97.8 Å². The first kappa shape index (κ1) is 28.9. The predicted molar refractivity (Wildman–Crippen MR) is 147 cm³/mol. The van der Waals surface area contributed by atoms with Gasteiger partial charge in [0.1, 0.15) is 15.6 Å². The SMILES string of the molecule is Cc1nc(-c2ccc(Cl)cc2Cl)sc1C(=O)NCc1cc(CC(OC(C)C)C(=O)O)ccc1OC(C)C. The molecule has 0 aliphatic carbocycles. The van der Waals surface area contributed by atoms with Crippen molar-refractivity contribution in [3.05, 3.63) is 68.1 Å². The van der Waals surface area contributed by atoms with Crippen LogP contribution in [0.5, 0.6) is 5.75 Å². The van der Waals surface area contributed by atoms with Crippen LogP contribution >= 0.6 is 34.5 Å². The molecular formula is C27H30Cl2N2O5S. The van der Waals surface area contributed by atoms with E-state index in [0.717, 1.165) is 11.1 Å². The molecule has 1 atom stereocenters. The van der Waals surface area contributed by atoms with Gasteiger partial charge < -0.3 is 19.9 Å². The van der Waals surface area contributed by atoms with Gasteiger partial charge in [0, 0.05) is 29.1 Å². The number of rotatable bonds is 11.